The molecule has 0 aromatic heterocycles. The van der Waals surface area contributed by atoms with E-state index in [2.05, 4.69) is 0 Å². The van der Waals surface area contributed by atoms with Crippen molar-refractivity contribution in [2.45, 2.75) is 82.2 Å². The van der Waals surface area contributed by atoms with Crippen molar-refractivity contribution in [1.29, 1.82) is 0 Å². The fourth-order valence-electron chi connectivity index (χ4n) is 4.67. The van der Waals surface area contributed by atoms with Gasteiger partial charge in [0.05, 0.1) is 12.2 Å². The lowest BCUT2D eigenvalue weighted by atomic mass is 9.89. The van der Waals surface area contributed by atoms with E-state index in [1.54, 1.807) is 4.90 Å². The lowest BCUT2D eigenvalue weighted by Crippen LogP contribution is -2.50. The van der Waals surface area contributed by atoms with Crippen LogP contribution in [-0.2, 0) is 23.1 Å². The Morgan fingerprint density at radius 3 is 2.17 bits per heavy atom. The van der Waals surface area contributed by atoms with Gasteiger partial charge in [-0.15, -0.1) is 0 Å². The quantitative estimate of drug-likeness (QED) is 0.602. The summed E-state index contributed by atoms with van der Waals surface area (Å²) in [7, 11) is -0.242. The number of amides is 2. The van der Waals surface area contributed by atoms with Crippen molar-refractivity contribution in [2.75, 3.05) is 33.9 Å². The molecule has 0 aromatic carbocycles. The number of piperidine rings is 1. The summed E-state index contributed by atoms with van der Waals surface area (Å²) in [5.41, 5.74) is -1.20. The van der Waals surface area contributed by atoms with Crippen molar-refractivity contribution >= 4 is 19.8 Å². The topological polar surface area (TPSA) is 94.6 Å². The van der Waals surface area contributed by atoms with E-state index in [1.165, 1.54) is 14.2 Å². The maximum atomic E-state index is 12.6. The summed E-state index contributed by atoms with van der Waals surface area (Å²) in [5, 5.41) is 0. The lowest BCUT2D eigenvalue weighted by molar-refractivity contribution is -0.0171. The van der Waals surface area contributed by atoms with Crippen LogP contribution in [0.1, 0.15) is 59.3 Å². The first-order valence-corrected chi connectivity index (χ1v) is 12.3. The first-order chi connectivity index (χ1) is 14.0. The highest BCUT2D eigenvalue weighted by atomic mass is 31.2. The summed E-state index contributed by atoms with van der Waals surface area (Å²) in [6.45, 7) is 7.09. The van der Waals surface area contributed by atoms with E-state index in [-0.39, 0.29) is 23.9 Å². The Balaban J connectivity index is 1.54. The van der Waals surface area contributed by atoms with Crippen molar-refractivity contribution in [3.05, 3.63) is 0 Å². The molecule has 0 unspecified atom stereocenters. The first-order valence-electron chi connectivity index (χ1n) is 10.7. The number of hydrogen-bond donors (Lipinski definition) is 0. The van der Waals surface area contributed by atoms with Crippen molar-refractivity contribution in [3.8, 4) is 0 Å². The van der Waals surface area contributed by atoms with Crippen LogP contribution in [0.15, 0.2) is 0 Å². The van der Waals surface area contributed by atoms with E-state index < -0.39 is 18.8 Å². The smallest absolute Gasteiger partial charge is 0.410 e. The Morgan fingerprint density at radius 1 is 1.10 bits per heavy atom. The minimum absolute atomic E-state index is 0.0687. The maximum absolute atomic E-state index is 12.6. The first kappa shape index (κ1) is 23.4. The van der Waals surface area contributed by atoms with Crippen LogP contribution in [0.5, 0.6) is 0 Å². The highest BCUT2D eigenvalue weighted by molar-refractivity contribution is 7.54. The molecule has 0 N–H and O–H groups in total. The van der Waals surface area contributed by atoms with E-state index >= 15 is 0 Å². The van der Waals surface area contributed by atoms with Gasteiger partial charge < -0.3 is 28.3 Å². The molecule has 1 saturated carbocycles. The van der Waals surface area contributed by atoms with E-state index in [1.807, 2.05) is 25.7 Å². The third kappa shape index (κ3) is 4.94. The largest absolute Gasteiger partial charge is 0.444 e. The third-order valence-electron chi connectivity index (χ3n) is 6.39. The second kappa shape index (κ2) is 8.67. The van der Waals surface area contributed by atoms with Crippen LogP contribution in [0.25, 0.3) is 0 Å². The molecule has 30 heavy (non-hydrogen) atoms. The molecule has 2 aliphatic heterocycles. The number of carbonyl (C=O) groups is 2. The van der Waals surface area contributed by atoms with Gasteiger partial charge in [-0.25, -0.2) is 9.59 Å². The number of carbonyl (C=O) groups excluding carboxylic acids is 2. The molecule has 9 nitrogen and oxygen atoms in total. The van der Waals surface area contributed by atoms with Gasteiger partial charge in [0.15, 0.2) is 0 Å². The van der Waals surface area contributed by atoms with Crippen molar-refractivity contribution < 1.29 is 32.7 Å². The second-order valence-electron chi connectivity index (χ2n) is 9.51. The van der Waals surface area contributed by atoms with Crippen LogP contribution in [-0.4, -0.2) is 78.7 Å². The highest BCUT2D eigenvalue weighted by Crippen LogP contribution is 2.56. The van der Waals surface area contributed by atoms with Gasteiger partial charge in [0.1, 0.15) is 11.2 Å². The van der Waals surface area contributed by atoms with Crippen LogP contribution < -0.4 is 0 Å². The zero-order chi connectivity index (χ0) is 22.2. The SMILES string of the molecule is COP(=O)(OC)[C@H]1CC[C@@H](N2CC3(CCN(C(=O)OC(C)(C)C)CC3)OC2=O)CC1. The Hall–Kier alpha value is -1.31. The molecular weight excluding hydrogens is 411 g/mol. The van der Waals surface area contributed by atoms with Crippen molar-refractivity contribution in [2.24, 2.45) is 0 Å². The van der Waals surface area contributed by atoms with Gasteiger partial charge in [-0.1, -0.05) is 0 Å². The molecule has 172 valence electrons. The summed E-state index contributed by atoms with van der Waals surface area (Å²) in [4.78, 5) is 28.4. The van der Waals surface area contributed by atoms with Crippen LogP contribution in [0, 0.1) is 0 Å². The van der Waals surface area contributed by atoms with Gasteiger partial charge >= 0.3 is 19.8 Å². The van der Waals surface area contributed by atoms with Gasteiger partial charge in [-0.2, -0.15) is 0 Å². The van der Waals surface area contributed by atoms with E-state index in [0.717, 1.165) is 12.8 Å². The fraction of sp³-hybridized carbons (Fsp3) is 0.900. The highest BCUT2D eigenvalue weighted by Gasteiger charge is 2.50. The Morgan fingerprint density at radius 2 is 1.67 bits per heavy atom. The minimum Gasteiger partial charge on any atom is -0.444 e. The predicted octanol–water partition coefficient (Wildman–Crippen LogP) is 4.01. The zero-order valence-corrected chi connectivity index (χ0v) is 19.6. The number of nitrogens with zero attached hydrogens (tertiary/aromatic N) is 2. The summed E-state index contributed by atoms with van der Waals surface area (Å²) in [6.07, 6.45) is 3.47. The molecule has 3 rings (SSSR count). The second-order valence-corrected chi connectivity index (χ2v) is 12.1. The monoisotopic (exact) mass is 446 g/mol. The standard InChI is InChI=1S/C20H35N2O7P/c1-19(2,3)28-17(23)21-12-10-20(11-13-21)14-22(18(24)29-20)15-6-8-16(9-7-15)30(25,26-4)27-5/h15-16H,6-14H2,1-5H3/t15-,16+. The number of ether oxygens (including phenoxy) is 2. The van der Waals surface area contributed by atoms with Gasteiger partial charge in [0, 0.05) is 46.2 Å². The van der Waals surface area contributed by atoms with E-state index in [4.69, 9.17) is 18.5 Å². The van der Waals surface area contributed by atoms with Crippen molar-refractivity contribution in [3.63, 3.8) is 0 Å². The van der Waals surface area contributed by atoms with Crippen LogP contribution in [0.2, 0.25) is 0 Å². The molecule has 0 atom stereocenters. The predicted molar refractivity (Wildman–Crippen MR) is 111 cm³/mol. The molecule has 0 bridgehead atoms. The van der Waals surface area contributed by atoms with E-state index in [0.29, 0.717) is 45.3 Å². The molecule has 1 aliphatic carbocycles. The van der Waals surface area contributed by atoms with Crippen LogP contribution in [0.3, 0.4) is 0 Å². The molecule has 3 fully saturated rings. The Labute approximate surface area is 178 Å². The summed E-state index contributed by atoms with van der Waals surface area (Å²) < 4.78 is 34.2. The number of hydrogen-bond acceptors (Lipinski definition) is 7. The van der Waals surface area contributed by atoms with Gasteiger partial charge in [0.25, 0.3) is 0 Å². The van der Waals surface area contributed by atoms with E-state index in [9.17, 15) is 14.2 Å². The normalized spacial score (nSPS) is 27.3. The summed E-state index contributed by atoms with van der Waals surface area (Å²) in [6, 6.07) is 0.0687. The zero-order valence-electron chi connectivity index (χ0n) is 18.7. The summed E-state index contributed by atoms with van der Waals surface area (Å²) >= 11 is 0. The average Bonchev–Trinajstić information content (AvgIpc) is 3.02. The van der Waals surface area contributed by atoms with Crippen LogP contribution in [0.4, 0.5) is 9.59 Å². The van der Waals surface area contributed by atoms with Gasteiger partial charge in [0.2, 0.25) is 0 Å². The third-order valence-corrected chi connectivity index (χ3v) is 8.82. The molecule has 3 aliphatic rings. The van der Waals surface area contributed by atoms with Crippen molar-refractivity contribution in [1.82, 2.24) is 9.80 Å². The molecule has 1 spiro atoms. The fourth-order valence-corrected chi connectivity index (χ4v) is 6.35. The molecule has 0 radical (unpaired) electrons. The minimum atomic E-state index is -3.08. The van der Waals surface area contributed by atoms with Gasteiger partial charge in [-0.3, -0.25) is 4.57 Å². The Bertz CT molecular complexity index is 684. The molecule has 0 aromatic rings. The molecule has 10 heteroatoms. The number of likely N-dealkylation sites (tertiary alicyclic amines) is 1. The Kier molecular flexibility index (Phi) is 6.75. The molecule has 2 saturated heterocycles. The summed E-state index contributed by atoms with van der Waals surface area (Å²) in [5.74, 6) is 0. The number of rotatable bonds is 4. The average molecular weight is 446 g/mol. The maximum Gasteiger partial charge on any atom is 0.410 e. The lowest BCUT2D eigenvalue weighted by Gasteiger charge is -2.39. The molecular formula is C20H35N2O7P. The van der Waals surface area contributed by atoms with Crippen LogP contribution >= 0.6 is 7.60 Å². The molecule has 2 heterocycles. The van der Waals surface area contributed by atoms with Gasteiger partial charge in [-0.05, 0) is 46.5 Å². The molecule has 2 amide bonds.